The van der Waals surface area contributed by atoms with Crippen LogP contribution in [0.2, 0.25) is 0 Å². The molecule has 1 aliphatic rings. The minimum absolute atomic E-state index is 0.569. The first-order valence-electron chi connectivity index (χ1n) is 6.78. The summed E-state index contributed by atoms with van der Waals surface area (Å²) in [4.78, 5) is 13.4. The molecule has 3 nitrogen and oxygen atoms in total. The summed E-state index contributed by atoms with van der Waals surface area (Å²) in [5, 5.41) is 9.01. The Morgan fingerprint density at radius 1 is 1.41 bits per heavy atom. The molecule has 0 heterocycles. The first kappa shape index (κ1) is 14.5. The van der Waals surface area contributed by atoms with E-state index in [1.54, 1.807) is 0 Å². The first-order valence-corrected chi connectivity index (χ1v) is 6.78. The van der Waals surface area contributed by atoms with Crippen molar-refractivity contribution in [2.45, 2.75) is 58.9 Å². The average Bonchev–Trinajstić information content (AvgIpc) is 3.06. The molecule has 0 aromatic heterocycles. The van der Waals surface area contributed by atoms with E-state index in [4.69, 9.17) is 5.11 Å². The third kappa shape index (κ3) is 4.66. The molecule has 0 radical (unpaired) electrons. The Bertz CT molecular complexity index is 259. The molecule has 1 saturated carbocycles. The summed E-state index contributed by atoms with van der Waals surface area (Å²) in [6.07, 6.45) is 5.65. The summed E-state index contributed by atoms with van der Waals surface area (Å²) in [7, 11) is 2.19. The number of hydrogen-bond acceptors (Lipinski definition) is 2. The summed E-state index contributed by atoms with van der Waals surface area (Å²) < 4.78 is 0. The van der Waals surface area contributed by atoms with Gasteiger partial charge in [-0.2, -0.15) is 0 Å². The van der Waals surface area contributed by atoms with Crippen molar-refractivity contribution in [2.24, 2.45) is 11.3 Å². The number of rotatable bonds is 8. The molecule has 100 valence electrons. The van der Waals surface area contributed by atoms with Crippen LogP contribution in [0, 0.1) is 11.3 Å². The number of carbonyl (C=O) groups is 1. The highest BCUT2D eigenvalue weighted by molar-refractivity contribution is 5.73. The normalized spacial score (nSPS) is 18.4. The predicted octanol–water partition coefficient (Wildman–Crippen LogP) is 3.00. The quantitative estimate of drug-likeness (QED) is 0.664. The Labute approximate surface area is 105 Å². The van der Waals surface area contributed by atoms with Crippen LogP contribution in [0.4, 0.5) is 0 Å². The smallest absolute Gasteiger partial charge is 0.309 e. The number of carboxylic acids is 1. The highest BCUT2D eigenvalue weighted by Gasteiger charge is 2.30. The second kappa shape index (κ2) is 5.85. The Kier molecular flexibility index (Phi) is 4.99. The van der Waals surface area contributed by atoms with E-state index in [1.165, 1.54) is 12.8 Å². The number of nitrogens with zero attached hydrogens (tertiary/aromatic N) is 1. The molecule has 3 heteroatoms. The molecule has 0 aliphatic heterocycles. The lowest BCUT2D eigenvalue weighted by Crippen LogP contribution is -2.32. The average molecular weight is 241 g/mol. The van der Waals surface area contributed by atoms with Crippen LogP contribution in [-0.2, 0) is 4.79 Å². The van der Waals surface area contributed by atoms with Gasteiger partial charge < -0.3 is 10.0 Å². The molecule has 0 saturated heterocycles. The van der Waals surface area contributed by atoms with Crippen molar-refractivity contribution >= 4 is 5.97 Å². The highest BCUT2D eigenvalue weighted by Crippen LogP contribution is 2.34. The number of hydrogen-bond donors (Lipinski definition) is 1. The van der Waals surface area contributed by atoms with Crippen LogP contribution in [0.15, 0.2) is 0 Å². The zero-order valence-corrected chi connectivity index (χ0v) is 11.7. The summed E-state index contributed by atoms with van der Waals surface area (Å²) in [5.41, 5.74) is -0.569. The van der Waals surface area contributed by atoms with Crippen LogP contribution >= 0.6 is 0 Å². The largest absolute Gasteiger partial charge is 0.481 e. The van der Waals surface area contributed by atoms with Crippen LogP contribution in [0.25, 0.3) is 0 Å². The lowest BCUT2D eigenvalue weighted by Gasteiger charge is -2.25. The van der Waals surface area contributed by atoms with Gasteiger partial charge in [0.1, 0.15) is 0 Å². The summed E-state index contributed by atoms with van der Waals surface area (Å²) >= 11 is 0. The summed E-state index contributed by atoms with van der Waals surface area (Å²) in [6.45, 7) is 7.02. The molecule has 0 amide bonds. The Morgan fingerprint density at radius 2 is 2.00 bits per heavy atom. The zero-order chi connectivity index (χ0) is 13.1. The van der Waals surface area contributed by atoms with E-state index in [-0.39, 0.29) is 0 Å². The topological polar surface area (TPSA) is 40.5 Å². The molecule has 17 heavy (non-hydrogen) atoms. The molecule has 1 unspecified atom stereocenters. The van der Waals surface area contributed by atoms with E-state index in [0.29, 0.717) is 6.04 Å². The Hall–Kier alpha value is -0.570. The van der Waals surface area contributed by atoms with Crippen molar-refractivity contribution < 1.29 is 9.90 Å². The second-order valence-electron chi connectivity index (χ2n) is 6.20. The molecule has 1 rings (SSSR count). The summed E-state index contributed by atoms with van der Waals surface area (Å²) in [6, 6.07) is 0.697. The second-order valence-corrected chi connectivity index (χ2v) is 6.20. The van der Waals surface area contributed by atoms with Crippen molar-refractivity contribution in [3.05, 3.63) is 0 Å². The van der Waals surface area contributed by atoms with Gasteiger partial charge in [-0.1, -0.05) is 6.42 Å². The number of unbranched alkanes of at least 4 members (excludes halogenated alkanes) is 1. The maximum Gasteiger partial charge on any atom is 0.309 e. The molecule has 0 aromatic carbocycles. The highest BCUT2D eigenvalue weighted by atomic mass is 16.4. The Morgan fingerprint density at radius 3 is 2.47 bits per heavy atom. The van der Waals surface area contributed by atoms with Crippen molar-refractivity contribution in [3.63, 3.8) is 0 Å². The van der Waals surface area contributed by atoms with Crippen LogP contribution < -0.4 is 0 Å². The predicted molar refractivity (Wildman–Crippen MR) is 70.1 cm³/mol. The van der Waals surface area contributed by atoms with E-state index >= 15 is 0 Å². The lowest BCUT2D eigenvalue weighted by molar-refractivity contribution is -0.147. The van der Waals surface area contributed by atoms with Crippen LogP contribution in [0.3, 0.4) is 0 Å². The molecule has 1 aliphatic carbocycles. The third-order valence-electron chi connectivity index (χ3n) is 4.14. The van der Waals surface area contributed by atoms with Gasteiger partial charge >= 0.3 is 5.97 Å². The minimum Gasteiger partial charge on any atom is -0.481 e. The van der Waals surface area contributed by atoms with E-state index < -0.39 is 11.4 Å². The van der Waals surface area contributed by atoms with Crippen molar-refractivity contribution in [1.82, 2.24) is 4.90 Å². The Balaban J connectivity index is 2.13. The van der Waals surface area contributed by atoms with Gasteiger partial charge in [0.15, 0.2) is 0 Å². The van der Waals surface area contributed by atoms with Crippen molar-refractivity contribution in [2.75, 3.05) is 13.6 Å². The molecular weight excluding hydrogens is 214 g/mol. The maximum absolute atomic E-state index is 10.9. The fourth-order valence-corrected chi connectivity index (χ4v) is 2.18. The summed E-state index contributed by atoms with van der Waals surface area (Å²) in [5.74, 6) is 0.229. The number of carboxylic acid groups (broad SMARTS) is 1. The molecule has 0 spiro atoms. The molecule has 0 aromatic rings. The van der Waals surface area contributed by atoms with Crippen LogP contribution in [0.1, 0.15) is 52.9 Å². The van der Waals surface area contributed by atoms with E-state index in [2.05, 4.69) is 18.9 Å². The fourth-order valence-electron chi connectivity index (χ4n) is 2.18. The zero-order valence-electron chi connectivity index (χ0n) is 11.7. The fraction of sp³-hybridized carbons (Fsp3) is 0.929. The molecular formula is C14H27NO2. The van der Waals surface area contributed by atoms with E-state index in [0.717, 1.165) is 31.7 Å². The van der Waals surface area contributed by atoms with Gasteiger partial charge in [-0.3, -0.25) is 4.79 Å². The van der Waals surface area contributed by atoms with Crippen LogP contribution in [-0.4, -0.2) is 35.6 Å². The van der Waals surface area contributed by atoms with Gasteiger partial charge in [0.05, 0.1) is 5.41 Å². The molecule has 1 N–H and O–H groups in total. The van der Waals surface area contributed by atoms with Gasteiger partial charge in [-0.05, 0) is 66.0 Å². The lowest BCUT2D eigenvalue weighted by atomic mass is 9.87. The molecule has 1 fully saturated rings. The van der Waals surface area contributed by atoms with Crippen molar-refractivity contribution in [1.29, 1.82) is 0 Å². The standard InChI is InChI=1S/C14H27NO2/c1-11(12-7-8-12)15(4)10-6-5-9-14(2,3)13(16)17/h11-12H,5-10H2,1-4H3,(H,16,17). The van der Waals surface area contributed by atoms with Gasteiger partial charge in [0.25, 0.3) is 0 Å². The monoisotopic (exact) mass is 241 g/mol. The SMILES string of the molecule is CC(C1CC1)N(C)CCCCC(C)(C)C(=O)O. The van der Waals surface area contributed by atoms with Gasteiger partial charge in [-0.15, -0.1) is 0 Å². The van der Waals surface area contributed by atoms with Crippen molar-refractivity contribution in [3.8, 4) is 0 Å². The third-order valence-corrected chi connectivity index (χ3v) is 4.14. The van der Waals surface area contributed by atoms with Gasteiger partial charge in [0, 0.05) is 6.04 Å². The van der Waals surface area contributed by atoms with Gasteiger partial charge in [0.2, 0.25) is 0 Å². The van der Waals surface area contributed by atoms with E-state index in [9.17, 15) is 4.79 Å². The first-order chi connectivity index (χ1) is 7.84. The minimum atomic E-state index is -0.683. The van der Waals surface area contributed by atoms with Crippen LogP contribution in [0.5, 0.6) is 0 Å². The van der Waals surface area contributed by atoms with E-state index in [1.807, 2.05) is 13.8 Å². The van der Waals surface area contributed by atoms with Gasteiger partial charge in [-0.25, -0.2) is 0 Å². The number of aliphatic carboxylic acids is 1. The molecule has 0 bridgehead atoms. The maximum atomic E-state index is 10.9. The molecule has 1 atom stereocenters.